The summed E-state index contributed by atoms with van der Waals surface area (Å²) < 4.78 is 5.88. The van der Waals surface area contributed by atoms with Crippen molar-refractivity contribution in [2.45, 2.75) is 63.8 Å². The minimum absolute atomic E-state index is 0.128. The predicted molar refractivity (Wildman–Crippen MR) is 131 cm³/mol. The molecule has 2 N–H and O–H groups in total. The zero-order chi connectivity index (χ0) is 22.8. The van der Waals surface area contributed by atoms with Crippen LogP contribution in [0.4, 0.5) is 0 Å². The quantitative estimate of drug-likeness (QED) is 0.402. The van der Waals surface area contributed by atoms with Crippen LogP contribution in [-0.2, 0) is 10.3 Å². The Balaban J connectivity index is 1.44. The van der Waals surface area contributed by atoms with E-state index in [0.717, 1.165) is 34.8 Å². The van der Waals surface area contributed by atoms with E-state index in [1.165, 1.54) is 36.9 Å². The van der Waals surface area contributed by atoms with Crippen LogP contribution in [0.5, 0.6) is 5.75 Å². The first-order valence-electron chi connectivity index (χ1n) is 11.8. The highest BCUT2D eigenvalue weighted by Gasteiger charge is 2.39. The van der Waals surface area contributed by atoms with E-state index < -0.39 is 5.54 Å². The molecule has 33 heavy (non-hydrogen) atoms. The largest absolute Gasteiger partial charge is 0.494 e. The molecule has 0 saturated heterocycles. The molecule has 3 aromatic rings. The van der Waals surface area contributed by atoms with E-state index in [4.69, 9.17) is 4.74 Å². The number of thiophene rings is 1. The number of unbranched alkanes of at least 4 members (excludes halogenated alkanes) is 2. The molecule has 172 valence electrons. The Hall–Kier alpha value is -2.93. The highest BCUT2D eigenvalue weighted by Crippen LogP contribution is 2.47. The first kappa shape index (κ1) is 21.9. The fourth-order valence-electron chi connectivity index (χ4n) is 4.46. The van der Waals surface area contributed by atoms with Gasteiger partial charge in [0.15, 0.2) is 5.82 Å². The summed E-state index contributed by atoms with van der Waals surface area (Å²) in [5, 5.41) is 10.1. The molecule has 1 amide bonds. The average Bonchev–Trinajstić information content (AvgIpc) is 3.30. The van der Waals surface area contributed by atoms with Gasteiger partial charge in [0.25, 0.3) is 5.91 Å². The van der Waals surface area contributed by atoms with E-state index in [1.807, 2.05) is 12.1 Å². The smallest absolute Gasteiger partial charge is 0.256 e. The van der Waals surface area contributed by atoms with Gasteiger partial charge >= 0.3 is 0 Å². The Morgan fingerprint density at radius 1 is 1.15 bits per heavy atom. The summed E-state index contributed by atoms with van der Waals surface area (Å²) in [6.45, 7) is 5.01. The van der Waals surface area contributed by atoms with Crippen molar-refractivity contribution in [3.05, 3.63) is 63.9 Å². The minimum Gasteiger partial charge on any atom is -0.494 e. The molecular weight excluding hydrogens is 432 g/mol. The van der Waals surface area contributed by atoms with Crippen LogP contribution in [0.25, 0.3) is 11.1 Å². The third kappa shape index (κ3) is 4.60. The van der Waals surface area contributed by atoms with Gasteiger partial charge < -0.3 is 10.1 Å². The second kappa shape index (κ2) is 9.14. The van der Waals surface area contributed by atoms with Crippen molar-refractivity contribution < 1.29 is 9.53 Å². The summed E-state index contributed by atoms with van der Waals surface area (Å²) in [5.41, 5.74) is 2.14. The molecule has 0 radical (unpaired) electrons. The summed E-state index contributed by atoms with van der Waals surface area (Å²) in [5.74, 6) is 1.94. The summed E-state index contributed by atoms with van der Waals surface area (Å²) >= 11 is 1.80. The molecule has 0 bridgehead atoms. The highest BCUT2D eigenvalue weighted by atomic mass is 32.1. The molecule has 3 heterocycles. The number of H-pyrrole nitrogens is 1. The molecule has 1 aromatic carbocycles. The lowest BCUT2D eigenvalue weighted by Crippen LogP contribution is -2.47. The van der Waals surface area contributed by atoms with Gasteiger partial charge in [-0.05, 0) is 67.5 Å². The maximum atomic E-state index is 13.4. The Morgan fingerprint density at radius 3 is 2.67 bits per heavy atom. The first-order chi connectivity index (χ1) is 16.1. The van der Waals surface area contributed by atoms with Gasteiger partial charge in [-0.2, -0.15) is 5.10 Å². The standard InChI is InChI=1S/C26H30N4O2S/c1-3-4-5-14-32-19-10-8-18(9-11-19)26(2)15-20(22-13-12-21(33-22)17-6-7-17)23(25(31)29-26)24-27-16-28-30-24/h8-13,16-17H,3-7,14-15H2,1-2H3,(H,29,31)(H,27,28,30)/t26-/m0/s1. The Bertz CT molecular complexity index is 1150. The predicted octanol–water partition coefficient (Wildman–Crippen LogP) is 5.66. The van der Waals surface area contributed by atoms with Gasteiger partial charge in [-0.1, -0.05) is 31.9 Å². The fourth-order valence-corrected chi connectivity index (χ4v) is 5.69. The molecule has 1 fully saturated rings. The second-order valence-electron chi connectivity index (χ2n) is 9.21. The van der Waals surface area contributed by atoms with Gasteiger partial charge in [-0.3, -0.25) is 9.89 Å². The van der Waals surface area contributed by atoms with Crippen LogP contribution in [0.1, 0.15) is 79.4 Å². The number of aromatic amines is 1. The molecule has 0 unspecified atom stereocenters. The van der Waals surface area contributed by atoms with Crippen molar-refractivity contribution in [3.63, 3.8) is 0 Å². The van der Waals surface area contributed by atoms with Crippen LogP contribution in [0.15, 0.2) is 42.7 Å². The molecule has 2 aliphatic rings. The van der Waals surface area contributed by atoms with Gasteiger partial charge in [0, 0.05) is 16.2 Å². The lowest BCUT2D eigenvalue weighted by Gasteiger charge is -2.37. The van der Waals surface area contributed by atoms with Crippen LogP contribution in [0.3, 0.4) is 0 Å². The van der Waals surface area contributed by atoms with Gasteiger partial charge in [-0.25, -0.2) is 4.98 Å². The molecule has 5 rings (SSSR count). The van der Waals surface area contributed by atoms with E-state index in [9.17, 15) is 4.79 Å². The van der Waals surface area contributed by atoms with Crippen LogP contribution in [0.2, 0.25) is 0 Å². The number of hydrogen-bond acceptors (Lipinski definition) is 5. The van der Waals surface area contributed by atoms with Crippen molar-refractivity contribution >= 4 is 28.4 Å². The Morgan fingerprint density at radius 2 is 1.97 bits per heavy atom. The number of nitrogens with zero attached hydrogens (tertiary/aromatic N) is 2. The van der Waals surface area contributed by atoms with Crippen molar-refractivity contribution in [3.8, 4) is 5.75 Å². The first-order valence-corrected chi connectivity index (χ1v) is 12.6. The summed E-state index contributed by atoms with van der Waals surface area (Å²) in [6, 6.07) is 12.5. The zero-order valence-electron chi connectivity index (χ0n) is 19.2. The Labute approximate surface area is 198 Å². The van der Waals surface area contributed by atoms with Crippen molar-refractivity contribution in [2.75, 3.05) is 6.61 Å². The van der Waals surface area contributed by atoms with Crippen LogP contribution in [-0.4, -0.2) is 27.7 Å². The number of nitrogens with one attached hydrogen (secondary N) is 2. The van der Waals surface area contributed by atoms with E-state index in [-0.39, 0.29) is 5.91 Å². The normalized spacial score (nSPS) is 20.7. The number of rotatable bonds is 9. The molecule has 1 aliphatic heterocycles. The van der Waals surface area contributed by atoms with Crippen LogP contribution < -0.4 is 10.1 Å². The van der Waals surface area contributed by atoms with Gasteiger partial charge in [-0.15, -0.1) is 11.3 Å². The summed E-state index contributed by atoms with van der Waals surface area (Å²) in [4.78, 5) is 20.3. The van der Waals surface area contributed by atoms with E-state index in [1.54, 1.807) is 11.3 Å². The van der Waals surface area contributed by atoms with Crippen molar-refractivity contribution in [1.82, 2.24) is 20.5 Å². The highest BCUT2D eigenvalue weighted by molar-refractivity contribution is 7.13. The number of carbonyl (C=O) groups excluding carboxylic acids is 1. The van der Waals surface area contributed by atoms with Crippen molar-refractivity contribution in [2.24, 2.45) is 0 Å². The van der Waals surface area contributed by atoms with Gasteiger partial charge in [0.05, 0.1) is 17.7 Å². The monoisotopic (exact) mass is 462 g/mol. The SMILES string of the molecule is CCCCCOc1ccc([C@]2(C)CC(c3ccc(C4CC4)s3)=C(c3ncn[nH]3)C(=O)N2)cc1. The number of hydrogen-bond donors (Lipinski definition) is 2. The topological polar surface area (TPSA) is 79.9 Å². The average molecular weight is 463 g/mol. The molecule has 7 heteroatoms. The summed E-state index contributed by atoms with van der Waals surface area (Å²) in [6.07, 6.45) is 8.07. The third-order valence-corrected chi connectivity index (χ3v) is 7.82. The van der Waals surface area contributed by atoms with Crippen molar-refractivity contribution in [1.29, 1.82) is 0 Å². The lowest BCUT2D eigenvalue weighted by molar-refractivity contribution is -0.117. The minimum atomic E-state index is -0.527. The molecule has 6 nitrogen and oxygen atoms in total. The fraction of sp³-hybridized carbons (Fsp3) is 0.423. The lowest BCUT2D eigenvalue weighted by atomic mass is 9.80. The van der Waals surface area contributed by atoms with Gasteiger partial charge in [0.1, 0.15) is 12.1 Å². The number of ether oxygens (including phenoxy) is 1. The molecule has 1 saturated carbocycles. The third-order valence-electron chi connectivity index (χ3n) is 6.51. The van der Waals surface area contributed by atoms with E-state index >= 15 is 0 Å². The zero-order valence-corrected chi connectivity index (χ0v) is 20.0. The van der Waals surface area contributed by atoms with Crippen LogP contribution in [0, 0.1) is 0 Å². The molecular formula is C26H30N4O2S. The second-order valence-corrected chi connectivity index (χ2v) is 10.3. The molecule has 0 spiro atoms. The number of amides is 1. The number of aromatic nitrogens is 3. The van der Waals surface area contributed by atoms with Crippen LogP contribution >= 0.6 is 11.3 Å². The number of carbonyl (C=O) groups is 1. The maximum Gasteiger partial charge on any atom is 0.256 e. The maximum absolute atomic E-state index is 13.4. The van der Waals surface area contributed by atoms with E-state index in [0.29, 0.717) is 23.7 Å². The number of benzene rings is 1. The molecule has 2 aromatic heterocycles. The molecule has 1 aliphatic carbocycles. The van der Waals surface area contributed by atoms with E-state index in [2.05, 4.69) is 58.6 Å². The Kier molecular flexibility index (Phi) is 6.06. The van der Waals surface area contributed by atoms with Gasteiger partial charge in [0.2, 0.25) is 0 Å². The summed E-state index contributed by atoms with van der Waals surface area (Å²) in [7, 11) is 0. The molecule has 1 atom stereocenters.